The number of carbonyl (C=O) groups excluding carboxylic acids is 1. The summed E-state index contributed by atoms with van der Waals surface area (Å²) in [5.74, 6) is 3.30. The summed E-state index contributed by atoms with van der Waals surface area (Å²) in [4.78, 5) is 13.1. The van der Waals surface area contributed by atoms with Crippen LogP contribution in [0.25, 0.3) is 11.1 Å². The number of Topliss-reactive ketones (excluding diaryl/α,β-unsaturated/α-hetero) is 1. The van der Waals surface area contributed by atoms with Gasteiger partial charge in [-0.25, -0.2) is 8.42 Å². The molecule has 3 aromatic carbocycles. The number of hydrogen-bond donors (Lipinski definition) is 0. The molecule has 0 aliphatic heterocycles. The molecular weight excluding hydrogens is 420 g/mol. The van der Waals surface area contributed by atoms with Crippen molar-refractivity contribution in [2.24, 2.45) is 0 Å². The van der Waals surface area contributed by atoms with Crippen molar-refractivity contribution in [1.29, 1.82) is 0 Å². The van der Waals surface area contributed by atoms with Crippen molar-refractivity contribution in [3.05, 3.63) is 83.4 Å². The van der Waals surface area contributed by atoms with E-state index in [4.69, 9.17) is 11.2 Å². The van der Waals surface area contributed by atoms with Crippen LogP contribution in [0, 0.1) is 12.3 Å². The summed E-state index contributed by atoms with van der Waals surface area (Å²) in [6, 6.07) is 20.0. The predicted molar refractivity (Wildman–Crippen MR) is 128 cm³/mol. The van der Waals surface area contributed by atoms with Crippen LogP contribution in [-0.2, 0) is 16.3 Å². The molecular formula is C27H26O4S. The lowest BCUT2D eigenvalue weighted by Crippen LogP contribution is -2.06. The van der Waals surface area contributed by atoms with Gasteiger partial charge in [0.25, 0.3) is 0 Å². The van der Waals surface area contributed by atoms with E-state index in [1.54, 1.807) is 24.3 Å². The zero-order chi connectivity index (χ0) is 23.3. The summed E-state index contributed by atoms with van der Waals surface area (Å²) in [5, 5.41) is 0. The zero-order valence-corrected chi connectivity index (χ0v) is 19.3. The fourth-order valence-corrected chi connectivity index (χ4v) is 4.09. The van der Waals surface area contributed by atoms with Crippen LogP contribution in [0.2, 0.25) is 0 Å². The Morgan fingerprint density at radius 3 is 2.38 bits per heavy atom. The van der Waals surface area contributed by atoms with Gasteiger partial charge in [0, 0.05) is 23.8 Å². The minimum Gasteiger partial charge on any atom is -0.480 e. The van der Waals surface area contributed by atoms with Gasteiger partial charge >= 0.3 is 0 Å². The van der Waals surface area contributed by atoms with Crippen LogP contribution < -0.4 is 4.74 Å². The Bertz CT molecular complexity index is 1260. The average molecular weight is 447 g/mol. The molecule has 0 unspecified atom stereocenters. The first-order valence-electron chi connectivity index (χ1n) is 10.3. The Morgan fingerprint density at radius 1 is 1.03 bits per heavy atom. The number of ether oxygens (including phenoxy) is 1. The van der Waals surface area contributed by atoms with Crippen molar-refractivity contribution in [3.8, 4) is 29.2 Å². The molecule has 0 N–H and O–H groups in total. The quantitative estimate of drug-likeness (QED) is 0.347. The van der Waals surface area contributed by atoms with E-state index in [2.05, 4.69) is 31.9 Å². The second kappa shape index (κ2) is 9.84. The molecule has 0 fully saturated rings. The van der Waals surface area contributed by atoms with Crippen LogP contribution in [0.1, 0.15) is 41.3 Å². The van der Waals surface area contributed by atoms with Crippen molar-refractivity contribution in [1.82, 2.24) is 0 Å². The molecule has 5 heteroatoms. The molecule has 0 aliphatic rings. The molecule has 0 spiro atoms. The Balaban J connectivity index is 1.91. The summed E-state index contributed by atoms with van der Waals surface area (Å²) in [5.41, 5.74) is 4.18. The van der Waals surface area contributed by atoms with Crippen molar-refractivity contribution in [2.45, 2.75) is 31.1 Å². The molecule has 3 rings (SSSR count). The molecule has 0 aliphatic carbocycles. The Kier molecular flexibility index (Phi) is 7.17. The summed E-state index contributed by atoms with van der Waals surface area (Å²) >= 11 is 0. The SMILES string of the molecule is C#CCOc1cc(C(=O)Cc2cccc(S(C)(=O)=O)c2)ccc1-c1ccc(C(C)C)cc1. The Labute approximate surface area is 190 Å². The van der Waals surface area contributed by atoms with E-state index >= 15 is 0 Å². The summed E-state index contributed by atoms with van der Waals surface area (Å²) < 4.78 is 29.4. The third-order valence-electron chi connectivity index (χ3n) is 5.19. The van der Waals surface area contributed by atoms with E-state index in [1.807, 2.05) is 18.2 Å². The number of sulfone groups is 1. The van der Waals surface area contributed by atoms with Crippen LogP contribution >= 0.6 is 0 Å². The standard InChI is InChI=1S/C27H26O4S/c1-5-15-31-27-18-23(13-14-25(27)22-11-9-21(10-12-22)19(2)3)26(28)17-20-7-6-8-24(16-20)32(4,29)30/h1,6-14,16,18-19H,15,17H2,2-4H3. The highest BCUT2D eigenvalue weighted by Gasteiger charge is 2.15. The second-order valence-electron chi connectivity index (χ2n) is 8.00. The van der Waals surface area contributed by atoms with Crippen molar-refractivity contribution < 1.29 is 17.9 Å². The largest absolute Gasteiger partial charge is 0.480 e. The van der Waals surface area contributed by atoms with Crippen LogP contribution in [-0.4, -0.2) is 27.1 Å². The fourth-order valence-electron chi connectivity index (χ4n) is 3.39. The second-order valence-corrected chi connectivity index (χ2v) is 10.0. The molecule has 32 heavy (non-hydrogen) atoms. The Morgan fingerprint density at radius 2 is 1.75 bits per heavy atom. The number of ketones is 1. The third-order valence-corrected chi connectivity index (χ3v) is 6.30. The number of terminal acetylenes is 1. The van der Waals surface area contributed by atoms with Gasteiger partial charge in [0.15, 0.2) is 15.6 Å². The van der Waals surface area contributed by atoms with Gasteiger partial charge in [-0.1, -0.05) is 62.2 Å². The number of carbonyl (C=O) groups is 1. The van der Waals surface area contributed by atoms with E-state index in [0.29, 0.717) is 22.8 Å². The maximum absolute atomic E-state index is 12.9. The normalized spacial score (nSPS) is 11.2. The summed E-state index contributed by atoms with van der Waals surface area (Å²) in [6.07, 6.45) is 6.61. The molecule has 0 heterocycles. The van der Waals surface area contributed by atoms with Gasteiger partial charge in [-0.2, -0.15) is 0 Å². The van der Waals surface area contributed by atoms with Gasteiger partial charge in [0.05, 0.1) is 4.90 Å². The van der Waals surface area contributed by atoms with E-state index in [-0.39, 0.29) is 23.7 Å². The van der Waals surface area contributed by atoms with Crippen LogP contribution in [0.5, 0.6) is 5.75 Å². The molecule has 4 nitrogen and oxygen atoms in total. The predicted octanol–water partition coefficient (Wildman–Crippen LogP) is 5.32. The van der Waals surface area contributed by atoms with Crippen molar-refractivity contribution >= 4 is 15.6 Å². The summed E-state index contributed by atoms with van der Waals surface area (Å²) in [7, 11) is -3.34. The monoisotopic (exact) mass is 446 g/mol. The highest BCUT2D eigenvalue weighted by Crippen LogP contribution is 2.32. The molecule has 0 saturated carbocycles. The molecule has 0 atom stereocenters. The molecule has 0 radical (unpaired) electrons. The highest BCUT2D eigenvalue weighted by molar-refractivity contribution is 7.90. The first-order chi connectivity index (χ1) is 15.2. The first-order valence-corrected chi connectivity index (χ1v) is 12.2. The third kappa shape index (κ3) is 5.66. The highest BCUT2D eigenvalue weighted by atomic mass is 32.2. The molecule has 0 bridgehead atoms. The maximum Gasteiger partial charge on any atom is 0.175 e. The molecule has 164 valence electrons. The molecule has 0 aromatic heterocycles. The van der Waals surface area contributed by atoms with Gasteiger partial charge in [-0.05, 0) is 46.9 Å². The van der Waals surface area contributed by atoms with Crippen molar-refractivity contribution in [2.75, 3.05) is 12.9 Å². The first kappa shape index (κ1) is 23.3. The molecule has 0 saturated heterocycles. The van der Waals surface area contributed by atoms with E-state index < -0.39 is 9.84 Å². The van der Waals surface area contributed by atoms with Crippen molar-refractivity contribution in [3.63, 3.8) is 0 Å². The number of benzene rings is 3. The van der Waals surface area contributed by atoms with Gasteiger partial charge in [-0.15, -0.1) is 6.42 Å². The lowest BCUT2D eigenvalue weighted by atomic mass is 9.96. The van der Waals surface area contributed by atoms with Gasteiger partial charge in [0.1, 0.15) is 12.4 Å². The minimum atomic E-state index is -3.34. The number of rotatable bonds is 8. The maximum atomic E-state index is 12.9. The van der Waals surface area contributed by atoms with Gasteiger partial charge in [-0.3, -0.25) is 4.79 Å². The number of hydrogen-bond acceptors (Lipinski definition) is 4. The zero-order valence-electron chi connectivity index (χ0n) is 18.5. The van der Waals surface area contributed by atoms with Gasteiger partial charge < -0.3 is 4.74 Å². The summed E-state index contributed by atoms with van der Waals surface area (Å²) in [6.45, 7) is 4.37. The van der Waals surface area contributed by atoms with Crippen LogP contribution in [0.4, 0.5) is 0 Å². The van der Waals surface area contributed by atoms with E-state index in [9.17, 15) is 13.2 Å². The van der Waals surface area contributed by atoms with Crippen LogP contribution in [0.15, 0.2) is 71.6 Å². The topological polar surface area (TPSA) is 60.4 Å². The minimum absolute atomic E-state index is 0.0837. The van der Waals surface area contributed by atoms with E-state index in [0.717, 1.165) is 17.4 Å². The van der Waals surface area contributed by atoms with Crippen LogP contribution in [0.3, 0.4) is 0 Å². The lowest BCUT2D eigenvalue weighted by molar-refractivity contribution is 0.0992. The lowest BCUT2D eigenvalue weighted by Gasteiger charge is -2.13. The molecule has 3 aromatic rings. The van der Waals surface area contributed by atoms with Gasteiger partial charge in [0.2, 0.25) is 0 Å². The van der Waals surface area contributed by atoms with E-state index in [1.165, 1.54) is 17.7 Å². The average Bonchev–Trinajstić information content (AvgIpc) is 2.77. The molecule has 0 amide bonds. The fraction of sp³-hybridized carbons (Fsp3) is 0.222. The smallest absolute Gasteiger partial charge is 0.175 e. The Hall–Kier alpha value is -3.36.